The van der Waals surface area contributed by atoms with Gasteiger partial charge in [0.1, 0.15) is 0 Å². The minimum absolute atomic E-state index is 0.198. The number of hydrogen-bond acceptors (Lipinski definition) is 0. The molecule has 0 heterocycles. The normalized spacial score (nSPS) is 6.25. The monoisotopic (exact) mass is 462 g/mol. The van der Waals surface area contributed by atoms with E-state index >= 15 is 0 Å². The van der Waals surface area contributed by atoms with Crippen molar-refractivity contribution in [2.45, 2.75) is 0 Å². The molecule has 0 atom stereocenters. The third-order valence-electron chi connectivity index (χ3n) is 0. The van der Waals surface area contributed by atoms with Crippen LogP contribution < -0.4 is 0 Å². The predicted molar refractivity (Wildman–Crippen MR) is 31.3 cm³/mol. The number of hydrogen-bond donors (Lipinski definition) is 0. The van der Waals surface area contributed by atoms with Crippen LogP contribution in [0.5, 0.6) is 0 Å². The molecule has 0 aliphatic carbocycles. The van der Waals surface area contributed by atoms with Crippen LogP contribution in [-0.2, 0) is 0 Å². The van der Waals surface area contributed by atoms with Gasteiger partial charge in [-0.2, -0.15) is 0 Å². The Hall–Kier alpha value is 2.87. The second-order valence-corrected chi connectivity index (χ2v) is 49.7. The summed E-state index contributed by atoms with van der Waals surface area (Å²) in [6.45, 7) is 0. The van der Waals surface area contributed by atoms with Gasteiger partial charge in [0.25, 0.3) is 0 Å². The first-order valence-corrected chi connectivity index (χ1v) is 18.6. The molecule has 0 rings (SSSR count). The summed E-state index contributed by atoms with van der Waals surface area (Å²) in [6.07, 6.45) is 0. The van der Waals surface area contributed by atoms with Gasteiger partial charge < -0.3 is 0 Å². The van der Waals surface area contributed by atoms with Crippen molar-refractivity contribution in [2.24, 2.45) is 0 Å². The summed E-state index contributed by atoms with van der Waals surface area (Å²) in [6, 6.07) is 0. The molecule has 0 aliphatic heterocycles. The van der Waals surface area contributed by atoms with Gasteiger partial charge in [-0.15, -0.1) is 0 Å². The van der Waals surface area contributed by atoms with Crippen molar-refractivity contribution in [1.82, 2.24) is 0 Å². The molecule has 0 bridgehead atoms. The quantitative estimate of drug-likeness (QED) is 0.348. The van der Waals surface area contributed by atoms with Gasteiger partial charge in [0.15, 0.2) is 0 Å². The topological polar surface area (TPSA) is 0 Å². The van der Waals surface area contributed by atoms with Crippen LogP contribution in [0.2, 0.25) is 0 Å². The van der Waals surface area contributed by atoms with E-state index < -0.39 is 0 Å². The van der Waals surface area contributed by atoms with Crippen molar-refractivity contribution in [3.05, 3.63) is 0 Å². The SMILES string of the molecule is [Te]=[As](=[Te])I. The van der Waals surface area contributed by atoms with Gasteiger partial charge in [-0.25, -0.2) is 0 Å². The van der Waals surface area contributed by atoms with Crippen LogP contribution >= 0.6 is 20.1 Å². The molecule has 0 N–H and O–H groups in total. The molecular formula is AsITe2. The Kier molecular flexibility index (Phi) is 6.93. The average Bonchev–Trinajstić information content (AvgIpc) is 0.811. The Bertz CT molecular complexity index is 54.4. The summed E-state index contributed by atoms with van der Waals surface area (Å²) in [7, 11) is 0. The molecule has 0 radical (unpaired) electrons. The zero-order valence-electron chi connectivity index (χ0n) is 1.64. The van der Waals surface area contributed by atoms with Crippen LogP contribution in [-0.4, -0.2) is 42.1 Å². The van der Waals surface area contributed by atoms with E-state index in [2.05, 4.69) is 58.6 Å². The summed E-state index contributed by atoms with van der Waals surface area (Å²) in [4.78, 5) is 0. The van der Waals surface area contributed by atoms with Crippen LogP contribution in [0.4, 0.5) is 0 Å². The summed E-state index contributed by atoms with van der Waals surface area (Å²) in [5.41, 5.74) is 0. The van der Waals surface area contributed by atoms with Crippen molar-refractivity contribution >= 4 is 62.2 Å². The van der Waals surface area contributed by atoms with Gasteiger partial charge in [-0.05, 0) is 0 Å². The molecule has 4 heteroatoms. The van der Waals surface area contributed by atoms with E-state index in [0.717, 1.165) is 0 Å². The Balaban J connectivity index is 3.51. The fraction of sp³-hybridized carbons (Fsp3) is 0. The molecule has 0 saturated heterocycles. The van der Waals surface area contributed by atoms with E-state index in [1.807, 2.05) is 0 Å². The summed E-state index contributed by atoms with van der Waals surface area (Å²) >= 11 is 6.99. The van der Waals surface area contributed by atoms with Crippen molar-refractivity contribution in [3.8, 4) is 0 Å². The standard InChI is InChI=1S/AsITe2/c2-1(3)4. The Morgan fingerprint density at radius 1 is 1.50 bits per heavy atom. The van der Waals surface area contributed by atoms with Crippen LogP contribution in [0.3, 0.4) is 0 Å². The summed E-state index contributed by atoms with van der Waals surface area (Å²) < 4.78 is -0.198. The maximum absolute atomic E-state index is 2.50. The minimum atomic E-state index is -0.198. The number of halogens is 1. The molecule has 0 saturated carbocycles. The van der Waals surface area contributed by atoms with Crippen molar-refractivity contribution in [3.63, 3.8) is 0 Å². The first-order chi connectivity index (χ1) is 1.73. The first kappa shape index (κ1) is 6.87. The maximum atomic E-state index is 2.50. The molecule has 24 valence electrons. The van der Waals surface area contributed by atoms with Crippen molar-refractivity contribution < 1.29 is 0 Å². The third-order valence-corrected chi connectivity index (χ3v) is 0. The zero-order valence-corrected chi connectivity index (χ0v) is 10.3. The Morgan fingerprint density at radius 3 is 1.50 bits per heavy atom. The van der Waals surface area contributed by atoms with Crippen molar-refractivity contribution in [1.29, 1.82) is 0 Å². The summed E-state index contributed by atoms with van der Waals surface area (Å²) in [5.74, 6) is 0. The van der Waals surface area contributed by atoms with E-state index in [9.17, 15) is 0 Å². The number of rotatable bonds is 0. The third kappa shape index (κ3) is 8.85. The average molecular weight is 457 g/mol. The molecule has 0 aliphatic rings. The van der Waals surface area contributed by atoms with E-state index in [0.29, 0.717) is 0 Å². The van der Waals surface area contributed by atoms with Crippen LogP contribution in [0.15, 0.2) is 0 Å². The van der Waals surface area contributed by atoms with E-state index in [1.54, 1.807) is 0 Å². The predicted octanol–water partition coefficient (Wildman–Crippen LogP) is -0.257. The van der Waals surface area contributed by atoms with E-state index in [1.165, 1.54) is 0 Å². The molecule has 0 aromatic rings. The van der Waals surface area contributed by atoms with Crippen LogP contribution in [0.1, 0.15) is 0 Å². The van der Waals surface area contributed by atoms with E-state index in [-0.39, 0.29) is 3.59 Å². The second kappa shape index (κ2) is 4.04. The Morgan fingerprint density at radius 2 is 1.50 bits per heavy atom. The fourth-order valence-corrected chi connectivity index (χ4v) is 0. The molecule has 0 spiro atoms. The van der Waals surface area contributed by atoms with Gasteiger partial charge in [0, 0.05) is 0 Å². The van der Waals surface area contributed by atoms with Gasteiger partial charge in [0.2, 0.25) is 0 Å². The second-order valence-electron chi connectivity index (χ2n) is 0.213. The molecule has 0 nitrogen and oxygen atoms in total. The molecule has 0 aromatic heterocycles. The van der Waals surface area contributed by atoms with Gasteiger partial charge >= 0.3 is 62.2 Å². The van der Waals surface area contributed by atoms with Crippen LogP contribution in [0.25, 0.3) is 0 Å². The van der Waals surface area contributed by atoms with Gasteiger partial charge in [0.05, 0.1) is 0 Å². The van der Waals surface area contributed by atoms with Gasteiger partial charge in [-0.1, -0.05) is 0 Å². The summed E-state index contributed by atoms with van der Waals surface area (Å²) in [5, 5.41) is 0. The van der Waals surface area contributed by atoms with E-state index in [4.69, 9.17) is 0 Å². The zero-order chi connectivity index (χ0) is 3.58. The molecule has 0 aromatic carbocycles. The molecule has 0 unspecified atom stereocenters. The van der Waals surface area contributed by atoms with Crippen molar-refractivity contribution in [2.75, 3.05) is 0 Å². The Labute approximate surface area is 60.6 Å². The molecule has 0 amide bonds. The van der Waals surface area contributed by atoms with Gasteiger partial charge in [-0.3, -0.25) is 0 Å². The molecular weight excluding hydrogens is 457 g/mol. The van der Waals surface area contributed by atoms with Crippen LogP contribution in [0, 0.1) is 0 Å². The molecule has 4 heavy (non-hydrogen) atoms. The first-order valence-electron chi connectivity index (χ1n) is 0.534. The molecule has 0 fully saturated rings. The fourth-order valence-electron chi connectivity index (χ4n) is 0.